The second kappa shape index (κ2) is 7.66. The number of piperazine rings is 1. The number of hydrogen-bond donors (Lipinski definition) is 1. The molecule has 1 amide bonds. The number of benzene rings is 1. The van der Waals surface area contributed by atoms with Crippen molar-refractivity contribution in [2.75, 3.05) is 44.6 Å². The number of likely N-dealkylation sites (N-methyl/N-ethyl adjacent to an activating group) is 1. The Bertz CT molecular complexity index is 484. The summed E-state index contributed by atoms with van der Waals surface area (Å²) in [4.78, 5) is 16.5. The maximum Gasteiger partial charge on any atom is 0.224 e. The molecule has 1 N–H and O–H groups in total. The van der Waals surface area contributed by atoms with Crippen LogP contribution in [-0.2, 0) is 4.79 Å². The first-order valence-electron chi connectivity index (χ1n) is 7.61. The summed E-state index contributed by atoms with van der Waals surface area (Å²) in [6.07, 6.45) is 0.526. The first kappa shape index (κ1) is 16.1. The molecule has 1 aromatic carbocycles. The van der Waals surface area contributed by atoms with Crippen LogP contribution in [0, 0.1) is 6.92 Å². The summed E-state index contributed by atoms with van der Waals surface area (Å²) in [6, 6.07) is 5.79. The minimum absolute atomic E-state index is 0.234. The minimum atomic E-state index is 0.234. The molecular weight excluding hydrogens is 286 g/mol. The average Bonchev–Trinajstić information content (AvgIpc) is 2.51. The Kier molecular flexibility index (Phi) is 5.88. The van der Waals surface area contributed by atoms with Crippen molar-refractivity contribution in [3.8, 4) is 0 Å². The summed E-state index contributed by atoms with van der Waals surface area (Å²) in [7, 11) is 0. The van der Waals surface area contributed by atoms with Gasteiger partial charge in [0.05, 0.1) is 0 Å². The molecule has 0 spiro atoms. The summed E-state index contributed by atoms with van der Waals surface area (Å²) in [5.41, 5.74) is 2.04. The van der Waals surface area contributed by atoms with Crippen LogP contribution in [-0.4, -0.2) is 55.0 Å². The Labute approximate surface area is 132 Å². The SMILES string of the molecule is CCN1CCN(C(=O)CCNc2cccc(Cl)c2C)CC1. The Morgan fingerprint density at radius 1 is 1.29 bits per heavy atom. The van der Waals surface area contributed by atoms with Crippen LogP contribution in [0.3, 0.4) is 0 Å². The number of carbonyl (C=O) groups excluding carboxylic acids is 1. The molecule has 0 atom stereocenters. The maximum atomic E-state index is 12.2. The van der Waals surface area contributed by atoms with Crippen molar-refractivity contribution >= 4 is 23.2 Å². The number of carbonyl (C=O) groups is 1. The predicted octanol–water partition coefficient (Wildman–Crippen LogP) is 2.61. The number of nitrogens with zero attached hydrogens (tertiary/aromatic N) is 2. The van der Waals surface area contributed by atoms with Crippen LogP contribution < -0.4 is 5.32 Å². The monoisotopic (exact) mass is 309 g/mol. The van der Waals surface area contributed by atoms with E-state index >= 15 is 0 Å². The van der Waals surface area contributed by atoms with Crippen LogP contribution in [0.2, 0.25) is 5.02 Å². The van der Waals surface area contributed by atoms with E-state index in [0.29, 0.717) is 13.0 Å². The van der Waals surface area contributed by atoms with Gasteiger partial charge < -0.3 is 15.1 Å². The fraction of sp³-hybridized carbons (Fsp3) is 0.562. The normalized spacial score (nSPS) is 16.0. The number of amides is 1. The number of nitrogens with one attached hydrogen (secondary N) is 1. The molecule has 1 aliphatic heterocycles. The molecular formula is C16H24ClN3O. The number of rotatable bonds is 5. The molecule has 116 valence electrons. The molecule has 4 nitrogen and oxygen atoms in total. The van der Waals surface area contributed by atoms with Crippen molar-refractivity contribution in [3.63, 3.8) is 0 Å². The molecule has 1 aromatic rings. The van der Waals surface area contributed by atoms with Crippen LogP contribution in [0.25, 0.3) is 0 Å². The molecule has 1 fully saturated rings. The third-order valence-corrected chi connectivity index (χ3v) is 4.50. The zero-order valence-corrected chi connectivity index (χ0v) is 13.6. The highest BCUT2D eigenvalue weighted by Crippen LogP contribution is 2.22. The van der Waals surface area contributed by atoms with Crippen molar-refractivity contribution in [1.82, 2.24) is 9.80 Å². The molecule has 0 unspecified atom stereocenters. The van der Waals surface area contributed by atoms with Crippen molar-refractivity contribution < 1.29 is 4.79 Å². The highest BCUT2D eigenvalue weighted by molar-refractivity contribution is 6.31. The summed E-state index contributed by atoms with van der Waals surface area (Å²) in [5, 5.41) is 4.05. The summed E-state index contributed by atoms with van der Waals surface area (Å²) < 4.78 is 0. The first-order chi connectivity index (χ1) is 10.1. The number of hydrogen-bond acceptors (Lipinski definition) is 3. The third-order valence-electron chi connectivity index (χ3n) is 4.09. The molecule has 21 heavy (non-hydrogen) atoms. The van der Waals surface area contributed by atoms with Crippen LogP contribution >= 0.6 is 11.6 Å². The van der Waals surface area contributed by atoms with Gasteiger partial charge in [0.25, 0.3) is 0 Å². The first-order valence-corrected chi connectivity index (χ1v) is 7.98. The molecule has 0 aliphatic carbocycles. The van der Waals surface area contributed by atoms with E-state index in [9.17, 15) is 4.79 Å². The molecule has 0 radical (unpaired) electrons. The second-order valence-electron chi connectivity index (χ2n) is 5.40. The Morgan fingerprint density at radius 3 is 2.67 bits per heavy atom. The van der Waals surface area contributed by atoms with Gasteiger partial charge in [-0.05, 0) is 31.2 Å². The highest BCUT2D eigenvalue weighted by atomic mass is 35.5. The van der Waals surface area contributed by atoms with Gasteiger partial charge in [-0.15, -0.1) is 0 Å². The quantitative estimate of drug-likeness (QED) is 0.908. The highest BCUT2D eigenvalue weighted by Gasteiger charge is 2.19. The molecule has 0 bridgehead atoms. The maximum absolute atomic E-state index is 12.2. The molecule has 2 rings (SSSR count). The van der Waals surface area contributed by atoms with E-state index < -0.39 is 0 Å². The van der Waals surface area contributed by atoms with Gasteiger partial charge in [0.15, 0.2) is 0 Å². The smallest absolute Gasteiger partial charge is 0.224 e. The lowest BCUT2D eigenvalue weighted by Gasteiger charge is -2.34. The largest absolute Gasteiger partial charge is 0.384 e. The minimum Gasteiger partial charge on any atom is -0.384 e. The van der Waals surface area contributed by atoms with Crippen molar-refractivity contribution in [2.45, 2.75) is 20.3 Å². The van der Waals surface area contributed by atoms with Crippen molar-refractivity contribution in [1.29, 1.82) is 0 Å². The van der Waals surface area contributed by atoms with E-state index in [1.807, 2.05) is 30.0 Å². The lowest BCUT2D eigenvalue weighted by molar-refractivity contribution is -0.132. The fourth-order valence-electron chi connectivity index (χ4n) is 2.57. The number of anilines is 1. The predicted molar refractivity (Wildman–Crippen MR) is 88.0 cm³/mol. The van der Waals surface area contributed by atoms with Crippen molar-refractivity contribution in [2.24, 2.45) is 0 Å². The van der Waals surface area contributed by atoms with E-state index in [1.165, 1.54) is 0 Å². The number of halogens is 1. The Morgan fingerprint density at radius 2 is 2.00 bits per heavy atom. The molecule has 5 heteroatoms. The average molecular weight is 310 g/mol. The molecule has 0 saturated carbocycles. The van der Waals surface area contributed by atoms with Gasteiger partial charge in [-0.2, -0.15) is 0 Å². The topological polar surface area (TPSA) is 35.6 Å². The Hall–Kier alpha value is -1.26. The van der Waals surface area contributed by atoms with Crippen LogP contribution in [0.1, 0.15) is 18.9 Å². The molecule has 1 saturated heterocycles. The van der Waals surface area contributed by atoms with Gasteiger partial charge in [-0.3, -0.25) is 4.79 Å². The summed E-state index contributed by atoms with van der Waals surface area (Å²) in [5.74, 6) is 0.234. The zero-order valence-electron chi connectivity index (χ0n) is 12.9. The lowest BCUT2D eigenvalue weighted by atomic mass is 10.2. The third kappa shape index (κ3) is 4.35. The van der Waals surface area contributed by atoms with Gasteiger partial charge >= 0.3 is 0 Å². The zero-order chi connectivity index (χ0) is 15.2. The van der Waals surface area contributed by atoms with E-state index in [4.69, 9.17) is 11.6 Å². The van der Waals surface area contributed by atoms with Gasteiger partial charge in [0.1, 0.15) is 0 Å². The van der Waals surface area contributed by atoms with Gasteiger partial charge in [-0.1, -0.05) is 24.6 Å². The molecule has 1 heterocycles. The Balaban J connectivity index is 1.76. The lowest BCUT2D eigenvalue weighted by Crippen LogP contribution is -2.48. The van der Waals surface area contributed by atoms with Crippen LogP contribution in [0.4, 0.5) is 5.69 Å². The van der Waals surface area contributed by atoms with Crippen molar-refractivity contribution in [3.05, 3.63) is 28.8 Å². The van der Waals surface area contributed by atoms with Crippen LogP contribution in [0.15, 0.2) is 18.2 Å². The van der Waals surface area contributed by atoms with Gasteiger partial charge in [-0.25, -0.2) is 0 Å². The van der Waals surface area contributed by atoms with Crippen LogP contribution in [0.5, 0.6) is 0 Å². The molecule has 0 aromatic heterocycles. The van der Waals surface area contributed by atoms with Gasteiger partial charge in [0, 0.05) is 49.9 Å². The van der Waals surface area contributed by atoms with E-state index in [-0.39, 0.29) is 5.91 Å². The van der Waals surface area contributed by atoms with Gasteiger partial charge in [0.2, 0.25) is 5.91 Å². The van der Waals surface area contributed by atoms with E-state index in [0.717, 1.165) is 49.0 Å². The standard InChI is InChI=1S/C16H24ClN3O/c1-3-19-9-11-20(12-10-19)16(21)7-8-18-15-6-4-5-14(17)13(15)2/h4-6,18H,3,7-12H2,1-2H3. The molecule has 1 aliphatic rings. The van der Waals surface area contributed by atoms with E-state index in [2.05, 4.69) is 17.1 Å². The summed E-state index contributed by atoms with van der Waals surface area (Å²) >= 11 is 6.08. The second-order valence-corrected chi connectivity index (χ2v) is 5.81. The van der Waals surface area contributed by atoms with E-state index in [1.54, 1.807) is 0 Å². The fourth-order valence-corrected chi connectivity index (χ4v) is 2.75. The summed E-state index contributed by atoms with van der Waals surface area (Å²) in [6.45, 7) is 9.54.